The van der Waals surface area contributed by atoms with Crippen molar-refractivity contribution in [3.8, 4) is 0 Å². The fourth-order valence-corrected chi connectivity index (χ4v) is 6.20. The van der Waals surface area contributed by atoms with E-state index in [9.17, 15) is 13.2 Å². The molecule has 1 heterocycles. The van der Waals surface area contributed by atoms with Crippen LogP contribution in [0.2, 0.25) is 0 Å². The average Bonchev–Trinajstić information content (AvgIpc) is 3.06. The number of nitrogens with zero attached hydrogens (tertiary/aromatic N) is 1. The lowest BCUT2D eigenvalue weighted by molar-refractivity contribution is -0.148. The highest BCUT2D eigenvalue weighted by atomic mass is 32.2. The van der Waals surface area contributed by atoms with E-state index < -0.39 is 9.84 Å². The van der Waals surface area contributed by atoms with Gasteiger partial charge in [-0.3, -0.25) is 4.79 Å². The molecule has 1 saturated heterocycles. The van der Waals surface area contributed by atoms with Crippen LogP contribution < -0.4 is 0 Å². The van der Waals surface area contributed by atoms with Gasteiger partial charge in [0.2, 0.25) is 5.91 Å². The molecule has 2 aliphatic carbocycles. The van der Waals surface area contributed by atoms with E-state index in [1.807, 2.05) is 4.90 Å². The molecule has 3 fully saturated rings. The molecule has 0 aromatic heterocycles. The molecule has 1 atom stereocenters. The Morgan fingerprint density at radius 2 is 1.57 bits per heavy atom. The lowest BCUT2D eigenvalue weighted by Gasteiger charge is -2.46. The number of rotatable bonds is 3. The van der Waals surface area contributed by atoms with Crippen molar-refractivity contribution in [3.63, 3.8) is 0 Å². The highest BCUT2D eigenvalue weighted by Crippen LogP contribution is 2.49. The molecule has 132 valence electrons. The third kappa shape index (κ3) is 3.45. The van der Waals surface area contributed by atoms with Crippen molar-refractivity contribution in [2.45, 2.75) is 75.9 Å². The molecule has 3 rings (SSSR count). The van der Waals surface area contributed by atoms with E-state index in [0.29, 0.717) is 25.4 Å². The van der Waals surface area contributed by atoms with E-state index in [1.165, 1.54) is 44.8 Å². The second-order valence-electron chi connectivity index (χ2n) is 8.04. The maximum absolute atomic E-state index is 13.4. The summed E-state index contributed by atoms with van der Waals surface area (Å²) in [6, 6.07) is 0. The van der Waals surface area contributed by atoms with E-state index in [0.717, 1.165) is 25.7 Å². The Morgan fingerprint density at radius 1 is 0.957 bits per heavy atom. The van der Waals surface area contributed by atoms with E-state index >= 15 is 0 Å². The summed E-state index contributed by atoms with van der Waals surface area (Å²) >= 11 is 0. The number of likely N-dealkylation sites (tertiary alicyclic amines) is 1. The predicted octanol–water partition coefficient (Wildman–Crippen LogP) is 3.16. The Bertz CT molecular complexity index is 530. The van der Waals surface area contributed by atoms with Crippen molar-refractivity contribution < 1.29 is 13.2 Å². The van der Waals surface area contributed by atoms with Gasteiger partial charge >= 0.3 is 0 Å². The monoisotopic (exact) mass is 341 g/mol. The van der Waals surface area contributed by atoms with Crippen molar-refractivity contribution in [1.82, 2.24) is 4.90 Å². The van der Waals surface area contributed by atoms with Crippen molar-refractivity contribution in [2.75, 3.05) is 19.3 Å². The predicted molar refractivity (Wildman–Crippen MR) is 91.9 cm³/mol. The molecule has 0 aromatic rings. The van der Waals surface area contributed by atoms with Gasteiger partial charge in [-0.1, -0.05) is 38.5 Å². The van der Waals surface area contributed by atoms with Crippen LogP contribution in [0.15, 0.2) is 0 Å². The molecule has 0 spiro atoms. The standard InChI is InChI=1S/C18H31NO3S/c1-23(21,22)16-10-13-19(14-16)17(20)18(11-6-3-7-12-18)15-8-4-2-5-9-15/h15-16H,2-14H2,1H3/t16-/m1/s1. The number of carbonyl (C=O) groups excluding carboxylic acids is 1. The van der Waals surface area contributed by atoms with Gasteiger partial charge in [-0.25, -0.2) is 8.42 Å². The number of sulfone groups is 1. The van der Waals surface area contributed by atoms with Crippen molar-refractivity contribution in [1.29, 1.82) is 0 Å². The third-order valence-electron chi connectivity index (χ3n) is 6.60. The Balaban J connectivity index is 1.78. The van der Waals surface area contributed by atoms with Crippen LogP contribution in [-0.2, 0) is 14.6 Å². The third-order valence-corrected chi connectivity index (χ3v) is 8.19. The minimum Gasteiger partial charge on any atom is -0.341 e. The normalized spacial score (nSPS) is 29.6. The second kappa shape index (κ2) is 6.73. The van der Waals surface area contributed by atoms with Crippen LogP contribution in [0, 0.1) is 11.3 Å². The first-order valence-electron chi connectivity index (χ1n) is 9.42. The fourth-order valence-electron chi connectivity index (χ4n) is 5.21. The molecule has 0 N–H and O–H groups in total. The van der Waals surface area contributed by atoms with Gasteiger partial charge in [-0.15, -0.1) is 0 Å². The van der Waals surface area contributed by atoms with Crippen LogP contribution in [0.1, 0.15) is 70.6 Å². The first-order chi connectivity index (χ1) is 10.9. The summed E-state index contributed by atoms with van der Waals surface area (Å²) < 4.78 is 23.6. The Labute approximate surface area is 140 Å². The van der Waals surface area contributed by atoms with Gasteiger partial charge in [0.1, 0.15) is 0 Å². The molecule has 5 heteroatoms. The topological polar surface area (TPSA) is 54.5 Å². The van der Waals surface area contributed by atoms with E-state index in [-0.39, 0.29) is 16.6 Å². The van der Waals surface area contributed by atoms with Crippen LogP contribution in [0.25, 0.3) is 0 Å². The summed E-state index contributed by atoms with van der Waals surface area (Å²) in [5.74, 6) is 0.816. The maximum atomic E-state index is 13.4. The van der Waals surface area contributed by atoms with Crippen molar-refractivity contribution in [3.05, 3.63) is 0 Å². The summed E-state index contributed by atoms with van der Waals surface area (Å²) in [6.45, 7) is 1.05. The summed E-state index contributed by atoms with van der Waals surface area (Å²) in [6.07, 6.45) is 13.7. The van der Waals surface area contributed by atoms with Crippen LogP contribution in [0.4, 0.5) is 0 Å². The van der Waals surface area contributed by atoms with Crippen molar-refractivity contribution in [2.24, 2.45) is 11.3 Å². The smallest absolute Gasteiger partial charge is 0.229 e. The van der Waals surface area contributed by atoms with Crippen LogP contribution in [-0.4, -0.2) is 43.8 Å². The van der Waals surface area contributed by atoms with Crippen LogP contribution >= 0.6 is 0 Å². The van der Waals surface area contributed by atoms with Gasteiger partial charge in [0, 0.05) is 19.3 Å². The lowest BCUT2D eigenvalue weighted by Crippen LogP contribution is -2.49. The molecule has 3 aliphatic rings. The Morgan fingerprint density at radius 3 is 2.13 bits per heavy atom. The van der Waals surface area contributed by atoms with Gasteiger partial charge in [-0.2, -0.15) is 0 Å². The van der Waals surface area contributed by atoms with Gasteiger partial charge in [0.15, 0.2) is 9.84 Å². The molecule has 0 aromatic carbocycles. The van der Waals surface area contributed by atoms with Crippen LogP contribution in [0.5, 0.6) is 0 Å². The summed E-state index contributed by atoms with van der Waals surface area (Å²) in [4.78, 5) is 15.3. The molecule has 23 heavy (non-hydrogen) atoms. The number of hydrogen-bond acceptors (Lipinski definition) is 3. The van der Waals surface area contributed by atoms with Gasteiger partial charge in [0.05, 0.1) is 10.7 Å². The summed E-state index contributed by atoms with van der Waals surface area (Å²) in [5, 5.41) is -0.349. The first-order valence-corrected chi connectivity index (χ1v) is 11.4. The van der Waals surface area contributed by atoms with E-state index in [1.54, 1.807) is 0 Å². The van der Waals surface area contributed by atoms with Crippen molar-refractivity contribution >= 4 is 15.7 Å². The molecule has 2 saturated carbocycles. The SMILES string of the molecule is CS(=O)(=O)[C@@H]1CCN(C(=O)C2(C3CCCCC3)CCCCC2)C1. The van der Waals surface area contributed by atoms with E-state index in [2.05, 4.69) is 0 Å². The fraction of sp³-hybridized carbons (Fsp3) is 0.944. The van der Waals surface area contributed by atoms with Gasteiger partial charge in [-0.05, 0) is 38.0 Å². The van der Waals surface area contributed by atoms with Gasteiger partial charge < -0.3 is 4.90 Å². The number of carbonyl (C=O) groups is 1. The maximum Gasteiger partial charge on any atom is 0.229 e. The highest BCUT2D eigenvalue weighted by Gasteiger charge is 2.49. The minimum absolute atomic E-state index is 0.176. The molecular weight excluding hydrogens is 310 g/mol. The molecule has 0 bridgehead atoms. The lowest BCUT2D eigenvalue weighted by atomic mass is 9.61. The molecule has 1 amide bonds. The largest absolute Gasteiger partial charge is 0.341 e. The average molecular weight is 342 g/mol. The molecule has 1 aliphatic heterocycles. The minimum atomic E-state index is -3.04. The number of amides is 1. The molecule has 0 unspecified atom stereocenters. The van der Waals surface area contributed by atoms with E-state index in [4.69, 9.17) is 0 Å². The van der Waals surface area contributed by atoms with Gasteiger partial charge in [0.25, 0.3) is 0 Å². The molecular formula is C18H31NO3S. The summed E-state index contributed by atoms with van der Waals surface area (Å²) in [7, 11) is -3.04. The molecule has 0 radical (unpaired) electrons. The zero-order chi connectivity index (χ0) is 16.5. The Hall–Kier alpha value is -0.580. The second-order valence-corrected chi connectivity index (χ2v) is 10.4. The number of hydrogen-bond donors (Lipinski definition) is 0. The first kappa shape index (κ1) is 17.2. The zero-order valence-corrected chi connectivity index (χ0v) is 15.2. The highest BCUT2D eigenvalue weighted by molar-refractivity contribution is 7.91. The van der Waals surface area contributed by atoms with Crippen LogP contribution in [0.3, 0.4) is 0 Å². The quantitative estimate of drug-likeness (QED) is 0.792. The zero-order valence-electron chi connectivity index (χ0n) is 14.4. The summed E-state index contributed by atoms with van der Waals surface area (Å²) in [5.41, 5.74) is -0.176. The Kier molecular flexibility index (Phi) is 5.05. The molecule has 4 nitrogen and oxygen atoms in total.